The van der Waals surface area contributed by atoms with Crippen molar-refractivity contribution < 1.29 is 0 Å². The number of hydrogen-bond acceptors (Lipinski definition) is 5. The first kappa shape index (κ1) is 9.71. The van der Waals surface area contributed by atoms with Crippen molar-refractivity contribution in [3.63, 3.8) is 0 Å². The van der Waals surface area contributed by atoms with Crippen LogP contribution in [0.25, 0.3) is 0 Å². The van der Waals surface area contributed by atoms with Crippen molar-refractivity contribution in [2.75, 3.05) is 0 Å². The van der Waals surface area contributed by atoms with Gasteiger partial charge in [0.15, 0.2) is 5.82 Å². The van der Waals surface area contributed by atoms with Crippen LogP contribution in [0, 0.1) is 0 Å². The number of aromatic nitrogens is 7. The predicted molar refractivity (Wildman–Crippen MR) is 54.8 cm³/mol. The minimum atomic E-state index is 0.369. The van der Waals surface area contributed by atoms with Crippen LogP contribution in [0.4, 0.5) is 0 Å². The largest absolute Gasteiger partial charge is 0.245 e. The molecule has 0 spiro atoms. The molecule has 1 aliphatic carbocycles. The second kappa shape index (κ2) is 3.82. The highest BCUT2D eigenvalue weighted by atomic mass is 35.5. The smallest absolute Gasteiger partial charge is 0.173 e. The molecule has 0 radical (unpaired) electrons. The highest BCUT2D eigenvalue weighted by molar-refractivity contribution is 6.16. The van der Waals surface area contributed by atoms with Gasteiger partial charge in [-0.15, -0.1) is 21.8 Å². The molecule has 2 aromatic rings. The quantitative estimate of drug-likeness (QED) is 0.722. The highest BCUT2D eigenvalue weighted by Gasteiger charge is 2.27. The third-order valence-electron chi connectivity index (χ3n) is 2.48. The number of tetrazole rings is 1. The van der Waals surface area contributed by atoms with Crippen molar-refractivity contribution in [1.29, 1.82) is 0 Å². The molecular weight excluding hydrogens is 230 g/mol. The van der Waals surface area contributed by atoms with Crippen LogP contribution in [0.3, 0.4) is 0 Å². The molecule has 0 aromatic carbocycles. The van der Waals surface area contributed by atoms with Crippen molar-refractivity contribution >= 4 is 11.6 Å². The summed E-state index contributed by atoms with van der Waals surface area (Å²) in [6.07, 6.45) is 4.11. The van der Waals surface area contributed by atoms with Gasteiger partial charge in [-0.05, 0) is 23.3 Å². The summed E-state index contributed by atoms with van der Waals surface area (Å²) in [6.45, 7) is 0.535. The van der Waals surface area contributed by atoms with Crippen LogP contribution in [0.2, 0.25) is 0 Å². The lowest BCUT2D eigenvalue weighted by Gasteiger charge is -2.01. The molecular formula is C8H10ClN7. The Hall–Kier alpha value is -1.50. The molecule has 3 rings (SSSR count). The molecule has 1 aliphatic rings. The van der Waals surface area contributed by atoms with Crippen LogP contribution >= 0.6 is 11.6 Å². The average Bonchev–Trinajstić information content (AvgIpc) is 2.88. The number of halogens is 1. The molecule has 2 aromatic heterocycles. The Labute approximate surface area is 96.4 Å². The first-order valence-corrected chi connectivity index (χ1v) is 5.62. The van der Waals surface area contributed by atoms with Crippen LogP contribution in [-0.4, -0.2) is 35.2 Å². The normalized spacial score (nSPS) is 15.6. The summed E-state index contributed by atoms with van der Waals surface area (Å²) in [5, 5.41) is 19.5. The Kier molecular flexibility index (Phi) is 2.32. The van der Waals surface area contributed by atoms with Gasteiger partial charge in [0.2, 0.25) is 0 Å². The zero-order valence-corrected chi connectivity index (χ0v) is 9.25. The van der Waals surface area contributed by atoms with E-state index in [0.717, 1.165) is 24.4 Å². The van der Waals surface area contributed by atoms with Crippen molar-refractivity contribution in [1.82, 2.24) is 35.2 Å². The fourth-order valence-electron chi connectivity index (χ4n) is 1.54. The van der Waals surface area contributed by atoms with Gasteiger partial charge in [-0.25, -0.2) is 9.36 Å². The number of hydrogen-bond donors (Lipinski definition) is 0. The fraction of sp³-hybridized carbons (Fsp3) is 0.625. The molecule has 0 aliphatic heterocycles. The Morgan fingerprint density at radius 3 is 2.88 bits per heavy atom. The van der Waals surface area contributed by atoms with Gasteiger partial charge in [-0.2, -0.15) is 0 Å². The third-order valence-corrected chi connectivity index (χ3v) is 2.75. The van der Waals surface area contributed by atoms with Gasteiger partial charge in [-0.3, -0.25) is 0 Å². The average molecular weight is 240 g/mol. The summed E-state index contributed by atoms with van der Waals surface area (Å²) in [4.78, 5) is 0. The monoisotopic (exact) mass is 239 g/mol. The van der Waals surface area contributed by atoms with E-state index in [0.29, 0.717) is 18.5 Å². The Bertz CT molecular complexity index is 486. The van der Waals surface area contributed by atoms with Crippen molar-refractivity contribution in [3.05, 3.63) is 17.7 Å². The molecule has 1 saturated carbocycles. The van der Waals surface area contributed by atoms with E-state index >= 15 is 0 Å². The van der Waals surface area contributed by atoms with Crippen LogP contribution in [0.1, 0.15) is 30.4 Å². The molecule has 0 saturated heterocycles. The van der Waals surface area contributed by atoms with E-state index in [1.165, 1.54) is 0 Å². The highest BCUT2D eigenvalue weighted by Crippen LogP contribution is 2.34. The van der Waals surface area contributed by atoms with E-state index in [1.807, 2.05) is 4.68 Å². The third kappa shape index (κ3) is 1.78. The van der Waals surface area contributed by atoms with E-state index in [-0.39, 0.29) is 0 Å². The molecule has 0 atom stereocenters. The molecule has 0 bridgehead atoms. The van der Waals surface area contributed by atoms with E-state index < -0.39 is 0 Å². The van der Waals surface area contributed by atoms with Gasteiger partial charge in [0.1, 0.15) is 6.54 Å². The maximum absolute atomic E-state index is 5.65. The van der Waals surface area contributed by atoms with Gasteiger partial charge in [0, 0.05) is 0 Å². The number of alkyl halides is 1. The summed E-state index contributed by atoms with van der Waals surface area (Å²) in [5.74, 6) is 1.18. The van der Waals surface area contributed by atoms with Crippen molar-refractivity contribution in [2.24, 2.45) is 0 Å². The van der Waals surface area contributed by atoms with Crippen LogP contribution < -0.4 is 0 Å². The zero-order valence-electron chi connectivity index (χ0n) is 8.49. The SMILES string of the molecule is ClCc1cn(Cc2nnnn2C2CC2)nn1. The van der Waals surface area contributed by atoms with Crippen LogP contribution in [-0.2, 0) is 12.4 Å². The summed E-state index contributed by atoms with van der Waals surface area (Å²) < 4.78 is 3.56. The molecule has 84 valence electrons. The Balaban J connectivity index is 1.79. The first-order valence-electron chi connectivity index (χ1n) is 5.08. The predicted octanol–water partition coefficient (Wildman–Crippen LogP) is 0.387. The standard InChI is InChI=1S/C8H10ClN7/c9-3-6-4-15(13-10-6)5-8-11-12-14-16(8)7-1-2-7/h4,7H,1-3,5H2. The molecule has 8 heteroatoms. The molecule has 16 heavy (non-hydrogen) atoms. The molecule has 2 heterocycles. The molecule has 7 nitrogen and oxygen atoms in total. The lowest BCUT2D eigenvalue weighted by atomic mass is 10.5. The number of rotatable bonds is 4. The maximum Gasteiger partial charge on any atom is 0.173 e. The fourth-order valence-corrected chi connectivity index (χ4v) is 1.66. The first-order chi connectivity index (χ1) is 7.86. The second-order valence-electron chi connectivity index (χ2n) is 3.81. The summed E-state index contributed by atoms with van der Waals surface area (Å²) in [7, 11) is 0. The summed E-state index contributed by atoms with van der Waals surface area (Å²) in [6, 6.07) is 0.473. The van der Waals surface area contributed by atoms with Crippen molar-refractivity contribution in [2.45, 2.75) is 31.3 Å². The lowest BCUT2D eigenvalue weighted by Crippen LogP contribution is -2.09. The summed E-state index contributed by atoms with van der Waals surface area (Å²) in [5.41, 5.74) is 0.757. The van der Waals surface area contributed by atoms with Gasteiger partial charge in [-0.1, -0.05) is 5.21 Å². The molecule has 0 unspecified atom stereocenters. The van der Waals surface area contributed by atoms with E-state index in [9.17, 15) is 0 Å². The zero-order chi connectivity index (χ0) is 11.0. The molecule has 0 N–H and O–H groups in total. The van der Waals surface area contributed by atoms with Gasteiger partial charge < -0.3 is 0 Å². The Morgan fingerprint density at radius 2 is 2.19 bits per heavy atom. The van der Waals surface area contributed by atoms with Gasteiger partial charge in [0.05, 0.1) is 23.8 Å². The van der Waals surface area contributed by atoms with Gasteiger partial charge in [0.25, 0.3) is 0 Å². The van der Waals surface area contributed by atoms with Crippen LogP contribution in [0.5, 0.6) is 0 Å². The summed E-state index contributed by atoms with van der Waals surface area (Å²) >= 11 is 5.65. The minimum absolute atomic E-state index is 0.369. The van der Waals surface area contributed by atoms with Crippen molar-refractivity contribution in [3.8, 4) is 0 Å². The second-order valence-corrected chi connectivity index (χ2v) is 4.08. The number of nitrogens with zero attached hydrogens (tertiary/aromatic N) is 7. The molecule has 1 fully saturated rings. The van der Waals surface area contributed by atoms with E-state index in [2.05, 4.69) is 25.8 Å². The van der Waals surface area contributed by atoms with E-state index in [1.54, 1.807) is 10.9 Å². The maximum atomic E-state index is 5.65. The molecule has 0 amide bonds. The van der Waals surface area contributed by atoms with E-state index in [4.69, 9.17) is 11.6 Å². The Morgan fingerprint density at radius 1 is 1.31 bits per heavy atom. The van der Waals surface area contributed by atoms with Gasteiger partial charge >= 0.3 is 0 Å². The van der Waals surface area contributed by atoms with Crippen LogP contribution in [0.15, 0.2) is 6.20 Å². The topological polar surface area (TPSA) is 74.3 Å². The minimum Gasteiger partial charge on any atom is -0.245 e. The lowest BCUT2D eigenvalue weighted by molar-refractivity contribution is 0.543.